The van der Waals surface area contributed by atoms with Crippen LogP contribution in [0.4, 0.5) is 0 Å². The van der Waals surface area contributed by atoms with Crippen molar-refractivity contribution in [2.45, 2.75) is 38.7 Å². The third-order valence-corrected chi connectivity index (χ3v) is 6.47. The number of carbonyl (C=O) groups is 1. The quantitative estimate of drug-likeness (QED) is 0.798. The Kier molecular flexibility index (Phi) is 5.27. The molecule has 150 valence electrons. The van der Waals surface area contributed by atoms with Crippen molar-refractivity contribution in [1.29, 1.82) is 0 Å². The number of amides is 1. The number of aryl methyl sites for hydroxylation is 2. The Morgan fingerprint density at radius 1 is 1.22 bits per heavy atom. The molecule has 1 spiro atoms. The van der Waals surface area contributed by atoms with Crippen LogP contribution in [0, 0.1) is 19.8 Å². The lowest BCUT2D eigenvalue weighted by molar-refractivity contribution is -0.0451. The first-order valence-electron chi connectivity index (χ1n) is 10.2. The molecule has 4 heterocycles. The van der Waals surface area contributed by atoms with E-state index in [0.29, 0.717) is 29.5 Å². The monoisotopic (exact) mass is 376 g/mol. The van der Waals surface area contributed by atoms with Crippen LogP contribution in [0.2, 0.25) is 0 Å². The largest absolute Gasteiger partial charge is 0.373 e. The van der Waals surface area contributed by atoms with Gasteiger partial charge in [0.05, 0.1) is 17.9 Å². The molecule has 1 aromatic heterocycles. The molecule has 0 bridgehead atoms. The summed E-state index contributed by atoms with van der Waals surface area (Å²) in [7, 11) is 2.19. The molecule has 0 saturated carbocycles. The van der Waals surface area contributed by atoms with Crippen molar-refractivity contribution in [1.82, 2.24) is 19.9 Å². The molecule has 0 aliphatic carbocycles. The molecule has 3 aliphatic rings. The van der Waals surface area contributed by atoms with E-state index in [1.54, 1.807) is 0 Å². The third kappa shape index (κ3) is 3.91. The van der Waals surface area contributed by atoms with E-state index in [-0.39, 0.29) is 11.5 Å². The van der Waals surface area contributed by atoms with Crippen molar-refractivity contribution in [3.63, 3.8) is 0 Å². The number of hydrogen-bond acceptors (Lipinski definition) is 6. The van der Waals surface area contributed by atoms with E-state index in [9.17, 15) is 4.79 Å². The molecule has 3 aliphatic heterocycles. The summed E-state index contributed by atoms with van der Waals surface area (Å²) in [5.74, 6) is 1.22. The fraction of sp³-hybridized carbons (Fsp3) is 0.800. The number of piperidine rings is 1. The lowest BCUT2D eigenvalue weighted by Crippen LogP contribution is -2.50. The maximum Gasteiger partial charge on any atom is 0.259 e. The molecule has 7 heteroatoms. The highest BCUT2D eigenvalue weighted by molar-refractivity contribution is 5.96. The van der Waals surface area contributed by atoms with Gasteiger partial charge in [-0.25, -0.2) is 0 Å². The number of nitrogens with zero attached hydrogens (tertiary/aromatic N) is 4. The fourth-order valence-electron chi connectivity index (χ4n) is 4.95. The van der Waals surface area contributed by atoms with Crippen LogP contribution in [0.25, 0.3) is 0 Å². The van der Waals surface area contributed by atoms with Crippen LogP contribution < -0.4 is 0 Å². The SMILES string of the molecule is Cc1noc(C)c1C(=O)N1CCCC2(CC(CN3CCN(C)CC3)CO2)C1. The van der Waals surface area contributed by atoms with Crippen molar-refractivity contribution in [2.24, 2.45) is 5.92 Å². The van der Waals surface area contributed by atoms with E-state index in [1.807, 2.05) is 18.7 Å². The number of likely N-dealkylation sites (N-methyl/N-ethyl adjacent to an activating group) is 1. The van der Waals surface area contributed by atoms with Gasteiger partial charge in [0.15, 0.2) is 0 Å². The highest BCUT2D eigenvalue weighted by Crippen LogP contribution is 2.38. The Hall–Kier alpha value is -1.44. The van der Waals surface area contributed by atoms with Crippen LogP contribution in [-0.2, 0) is 4.74 Å². The summed E-state index contributed by atoms with van der Waals surface area (Å²) in [6.45, 7) is 11.7. The molecule has 1 aromatic rings. The zero-order valence-electron chi connectivity index (χ0n) is 16.9. The molecule has 4 rings (SSSR count). The maximum absolute atomic E-state index is 13.0. The predicted molar refractivity (Wildman–Crippen MR) is 102 cm³/mol. The van der Waals surface area contributed by atoms with Crippen molar-refractivity contribution in [3.8, 4) is 0 Å². The van der Waals surface area contributed by atoms with Crippen molar-refractivity contribution < 1.29 is 14.1 Å². The van der Waals surface area contributed by atoms with Gasteiger partial charge in [-0.15, -0.1) is 0 Å². The highest BCUT2D eigenvalue weighted by atomic mass is 16.5. The number of carbonyl (C=O) groups excluding carboxylic acids is 1. The summed E-state index contributed by atoms with van der Waals surface area (Å²) in [4.78, 5) is 19.9. The minimum atomic E-state index is -0.163. The molecular weight excluding hydrogens is 344 g/mol. The minimum absolute atomic E-state index is 0.0384. The van der Waals surface area contributed by atoms with E-state index < -0.39 is 0 Å². The number of ether oxygens (including phenoxy) is 1. The first-order valence-corrected chi connectivity index (χ1v) is 10.2. The minimum Gasteiger partial charge on any atom is -0.373 e. The molecule has 0 N–H and O–H groups in total. The second-order valence-electron chi connectivity index (χ2n) is 8.70. The first-order chi connectivity index (χ1) is 13.0. The average Bonchev–Trinajstić information content (AvgIpc) is 3.19. The van der Waals surface area contributed by atoms with E-state index in [0.717, 1.165) is 65.1 Å². The number of likely N-dealkylation sites (tertiary alicyclic amines) is 1. The number of piperazine rings is 1. The molecule has 1 amide bonds. The molecule has 7 nitrogen and oxygen atoms in total. The van der Waals surface area contributed by atoms with Gasteiger partial charge in [-0.2, -0.15) is 0 Å². The van der Waals surface area contributed by atoms with Crippen molar-refractivity contribution >= 4 is 5.91 Å². The lowest BCUT2D eigenvalue weighted by atomic mass is 9.86. The molecule has 3 saturated heterocycles. The van der Waals surface area contributed by atoms with Crippen LogP contribution in [0.5, 0.6) is 0 Å². The van der Waals surface area contributed by atoms with Crippen molar-refractivity contribution in [3.05, 3.63) is 17.0 Å². The van der Waals surface area contributed by atoms with E-state index >= 15 is 0 Å². The summed E-state index contributed by atoms with van der Waals surface area (Å²) in [6.07, 6.45) is 3.11. The van der Waals surface area contributed by atoms with Crippen LogP contribution in [0.1, 0.15) is 41.1 Å². The van der Waals surface area contributed by atoms with Crippen LogP contribution in [0.3, 0.4) is 0 Å². The van der Waals surface area contributed by atoms with Gasteiger partial charge in [-0.3, -0.25) is 4.79 Å². The van der Waals surface area contributed by atoms with Gasteiger partial charge in [0.2, 0.25) is 0 Å². The molecule has 3 fully saturated rings. The summed E-state index contributed by atoms with van der Waals surface area (Å²) < 4.78 is 11.5. The Morgan fingerprint density at radius 3 is 2.70 bits per heavy atom. The van der Waals surface area contributed by atoms with Crippen LogP contribution >= 0.6 is 0 Å². The smallest absolute Gasteiger partial charge is 0.259 e. The topological polar surface area (TPSA) is 62.1 Å². The lowest BCUT2D eigenvalue weighted by Gasteiger charge is -2.40. The summed E-state index contributed by atoms with van der Waals surface area (Å²) in [5, 5.41) is 3.94. The molecule has 2 unspecified atom stereocenters. The molecule has 0 radical (unpaired) electrons. The van der Waals surface area contributed by atoms with E-state index in [1.165, 1.54) is 0 Å². The Morgan fingerprint density at radius 2 is 2.00 bits per heavy atom. The average molecular weight is 377 g/mol. The number of hydrogen-bond donors (Lipinski definition) is 0. The second-order valence-corrected chi connectivity index (χ2v) is 8.70. The zero-order chi connectivity index (χ0) is 19.0. The maximum atomic E-state index is 13.0. The summed E-state index contributed by atoms with van der Waals surface area (Å²) in [6, 6.07) is 0. The predicted octanol–water partition coefficient (Wildman–Crippen LogP) is 1.55. The molecule has 2 atom stereocenters. The standard InChI is InChI=1S/C20H32N4O3/c1-15-18(16(2)27-21-15)19(25)24-6-4-5-20(14-24)11-17(13-26-20)12-23-9-7-22(3)8-10-23/h17H,4-14H2,1-3H3. The van der Waals surface area contributed by atoms with Gasteiger partial charge in [-0.05, 0) is 46.1 Å². The summed E-state index contributed by atoms with van der Waals surface area (Å²) in [5.41, 5.74) is 1.14. The zero-order valence-corrected chi connectivity index (χ0v) is 16.9. The normalized spacial score (nSPS) is 30.3. The number of rotatable bonds is 3. The second kappa shape index (κ2) is 7.53. The van der Waals surface area contributed by atoms with Gasteiger partial charge in [0.1, 0.15) is 11.3 Å². The van der Waals surface area contributed by atoms with Crippen LogP contribution in [-0.4, -0.2) is 90.8 Å². The third-order valence-electron chi connectivity index (χ3n) is 6.47. The van der Waals surface area contributed by atoms with Crippen molar-refractivity contribution in [2.75, 3.05) is 59.5 Å². The summed E-state index contributed by atoms with van der Waals surface area (Å²) >= 11 is 0. The number of aromatic nitrogens is 1. The van der Waals surface area contributed by atoms with Crippen LogP contribution in [0.15, 0.2) is 4.52 Å². The first kappa shape index (κ1) is 18.9. The molecular formula is C20H32N4O3. The molecule has 0 aromatic carbocycles. The van der Waals surface area contributed by atoms with Gasteiger partial charge >= 0.3 is 0 Å². The van der Waals surface area contributed by atoms with E-state index in [4.69, 9.17) is 9.26 Å². The van der Waals surface area contributed by atoms with Gasteiger partial charge < -0.3 is 24.0 Å². The molecule has 27 heavy (non-hydrogen) atoms. The Balaban J connectivity index is 1.37. The van der Waals surface area contributed by atoms with E-state index in [2.05, 4.69) is 22.0 Å². The van der Waals surface area contributed by atoms with Gasteiger partial charge in [0.25, 0.3) is 5.91 Å². The highest BCUT2D eigenvalue weighted by Gasteiger charge is 2.45. The Labute approximate surface area is 161 Å². The van der Waals surface area contributed by atoms with Gasteiger partial charge in [0, 0.05) is 45.8 Å². The van der Waals surface area contributed by atoms with Gasteiger partial charge in [-0.1, -0.05) is 5.16 Å². The Bertz CT molecular complexity index is 663. The fourth-order valence-corrected chi connectivity index (χ4v) is 4.95.